The average Bonchev–Trinajstić information content (AvgIpc) is 2.61. The fourth-order valence-electron chi connectivity index (χ4n) is 3.02. The van der Waals surface area contributed by atoms with E-state index in [2.05, 4.69) is 40.4 Å². The molecule has 1 aliphatic heterocycles. The lowest BCUT2D eigenvalue weighted by Gasteiger charge is -2.27. The van der Waals surface area contributed by atoms with Crippen molar-refractivity contribution in [1.29, 1.82) is 0 Å². The smallest absolute Gasteiger partial charge is 0.244 e. The van der Waals surface area contributed by atoms with E-state index < -0.39 is 0 Å². The van der Waals surface area contributed by atoms with Crippen LogP contribution in [0.25, 0.3) is 6.08 Å². The second kappa shape index (κ2) is 7.77. The van der Waals surface area contributed by atoms with Crippen LogP contribution in [0.1, 0.15) is 23.1 Å². The molecule has 1 aromatic carbocycles. The molecule has 4 heteroatoms. The van der Waals surface area contributed by atoms with Gasteiger partial charge in [-0.05, 0) is 60.2 Å². The zero-order valence-electron chi connectivity index (χ0n) is 14.0. The van der Waals surface area contributed by atoms with Crippen molar-refractivity contribution in [3.8, 4) is 0 Å². The van der Waals surface area contributed by atoms with E-state index in [-0.39, 0.29) is 5.91 Å². The SMILES string of the molecule is CN1CCCc2cc(/C=C/C(=O)NCCc3cccnc3)ccc21. The highest BCUT2D eigenvalue weighted by Gasteiger charge is 2.12. The molecule has 3 rings (SSSR count). The molecule has 1 aromatic heterocycles. The maximum Gasteiger partial charge on any atom is 0.244 e. The van der Waals surface area contributed by atoms with Gasteiger partial charge in [0.05, 0.1) is 0 Å². The molecule has 24 heavy (non-hydrogen) atoms. The van der Waals surface area contributed by atoms with Gasteiger partial charge in [0, 0.05) is 44.3 Å². The number of nitrogens with zero attached hydrogens (tertiary/aromatic N) is 2. The molecule has 0 unspecified atom stereocenters. The number of carbonyl (C=O) groups excluding carboxylic acids is 1. The minimum absolute atomic E-state index is 0.0614. The summed E-state index contributed by atoms with van der Waals surface area (Å²) in [5, 5.41) is 2.91. The Bertz CT molecular complexity index is 725. The molecule has 0 radical (unpaired) electrons. The predicted molar refractivity (Wildman–Crippen MR) is 98.0 cm³/mol. The zero-order chi connectivity index (χ0) is 16.8. The van der Waals surface area contributed by atoms with E-state index in [0.29, 0.717) is 6.54 Å². The van der Waals surface area contributed by atoms with Crippen LogP contribution < -0.4 is 10.2 Å². The molecule has 1 aliphatic rings. The number of aromatic nitrogens is 1. The van der Waals surface area contributed by atoms with Gasteiger partial charge in [-0.3, -0.25) is 9.78 Å². The molecule has 1 N–H and O–H groups in total. The number of rotatable bonds is 5. The number of amides is 1. The molecule has 0 bridgehead atoms. The number of carbonyl (C=O) groups is 1. The van der Waals surface area contributed by atoms with Crippen LogP contribution in [-0.2, 0) is 17.6 Å². The van der Waals surface area contributed by atoms with E-state index in [0.717, 1.165) is 30.5 Å². The van der Waals surface area contributed by atoms with Crippen LogP contribution in [0.3, 0.4) is 0 Å². The van der Waals surface area contributed by atoms with Crippen molar-refractivity contribution in [1.82, 2.24) is 10.3 Å². The van der Waals surface area contributed by atoms with Crippen LogP contribution in [0.2, 0.25) is 0 Å². The third-order valence-electron chi connectivity index (χ3n) is 4.32. The van der Waals surface area contributed by atoms with Crippen molar-refractivity contribution in [3.05, 3.63) is 65.5 Å². The van der Waals surface area contributed by atoms with E-state index in [4.69, 9.17) is 0 Å². The number of fused-ring (bicyclic) bond motifs is 1. The van der Waals surface area contributed by atoms with E-state index in [1.54, 1.807) is 12.3 Å². The molecule has 1 amide bonds. The molecule has 2 aromatic rings. The van der Waals surface area contributed by atoms with Gasteiger partial charge in [-0.2, -0.15) is 0 Å². The van der Waals surface area contributed by atoms with Crippen LogP contribution in [0.4, 0.5) is 5.69 Å². The van der Waals surface area contributed by atoms with Gasteiger partial charge in [0.25, 0.3) is 0 Å². The van der Waals surface area contributed by atoms with Gasteiger partial charge < -0.3 is 10.2 Å². The van der Waals surface area contributed by atoms with Crippen LogP contribution in [0.5, 0.6) is 0 Å². The van der Waals surface area contributed by atoms with Gasteiger partial charge >= 0.3 is 0 Å². The molecule has 0 saturated heterocycles. The molecule has 124 valence electrons. The third kappa shape index (κ3) is 4.22. The second-order valence-electron chi connectivity index (χ2n) is 6.15. The number of aryl methyl sites for hydroxylation is 1. The summed E-state index contributed by atoms with van der Waals surface area (Å²) in [6.07, 6.45) is 10.2. The molecule has 0 atom stereocenters. The summed E-state index contributed by atoms with van der Waals surface area (Å²) in [4.78, 5) is 18.3. The van der Waals surface area contributed by atoms with E-state index >= 15 is 0 Å². The highest BCUT2D eigenvalue weighted by Crippen LogP contribution is 2.27. The largest absolute Gasteiger partial charge is 0.374 e. The first-order valence-electron chi connectivity index (χ1n) is 8.41. The summed E-state index contributed by atoms with van der Waals surface area (Å²) >= 11 is 0. The van der Waals surface area contributed by atoms with Crippen molar-refractivity contribution in [3.63, 3.8) is 0 Å². The summed E-state index contributed by atoms with van der Waals surface area (Å²) in [7, 11) is 2.13. The van der Waals surface area contributed by atoms with E-state index in [1.165, 1.54) is 17.7 Å². The summed E-state index contributed by atoms with van der Waals surface area (Å²) in [5.41, 5.74) is 4.87. The quantitative estimate of drug-likeness (QED) is 0.861. The molecular formula is C20H23N3O. The first kappa shape index (κ1) is 16.2. The Balaban J connectivity index is 1.52. The summed E-state index contributed by atoms with van der Waals surface area (Å²) < 4.78 is 0. The Morgan fingerprint density at radius 1 is 1.38 bits per heavy atom. The molecule has 0 saturated carbocycles. The Morgan fingerprint density at radius 3 is 3.12 bits per heavy atom. The molecule has 0 spiro atoms. The van der Waals surface area contributed by atoms with Gasteiger partial charge in [-0.15, -0.1) is 0 Å². The Kier molecular flexibility index (Phi) is 5.26. The fourth-order valence-corrected chi connectivity index (χ4v) is 3.02. The number of nitrogens with one attached hydrogen (secondary N) is 1. The monoisotopic (exact) mass is 321 g/mol. The first-order valence-corrected chi connectivity index (χ1v) is 8.41. The maximum atomic E-state index is 11.9. The summed E-state index contributed by atoms with van der Waals surface area (Å²) in [5.74, 6) is -0.0614. The van der Waals surface area contributed by atoms with Crippen LogP contribution in [-0.4, -0.2) is 31.0 Å². The summed E-state index contributed by atoms with van der Waals surface area (Å²) in [6, 6.07) is 10.3. The normalized spacial score (nSPS) is 13.8. The molecule has 4 nitrogen and oxygen atoms in total. The lowest BCUT2D eigenvalue weighted by Crippen LogP contribution is -2.24. The minimum atomic E-state index is -0.0614. The molecular weight excluding hydrogens is 298 g/mol. The highest BCUT2D eigenvalue weighted by atomic mass is 16.1. The second-order valence-corrected chi connectivity index (χ2v) is 6.15. The van der Waals surface area contributed by atoms with Crippen LogP contribution >= 0.6 is 0 Å². The fraction of sp³-hybridized carbons (Fsp3) is 0.300. The van der Waals surface area contributed by atoms with Crippen molar-refractivity contribution in [2.45, 2.75) is 19.3 Å². The molecule has 2 heterocycles. The minimum Gasteiger partial charge on any atom is -0.374 e. The van der Waals surface area contributed by atoms with Gasteiger partial charge in [0.15, 0.2) is 0 Å². The Morgan fingerprint density at radius 2 is 2.29 bits per heavy atom. The van der Waals surface area contributed by atoms with E-state index in [9.17, 15) is 4.79 Å². The number of hydrogen-bond donors (Lipinski definition) is 1. The number of benzene rings is 1. The Hall–Kier alpha value is -2.62. The molecule has 0 aliphatic carbocycles. The van der Waals surface area contributed by atoms with Gasteiger partial charge in [-0.25, -0.2) is 0 Å². The maximum absolute atomic E-state index is 11.9. The first-order chi connectivity index (χ1) is 11.7. The lowest BCUT2D eigenvalue weighted by atomic mass is 9.99. The average molecular weight is 321 g/mol. The Labute approximate surface area is 143 Å². The predicted octanol–water partition coefficient (Wildman–Crippen LogP) is 2.84. The van der Waals surface area contributed by atoms with Crippen molar-refractivity contribution in [2.75, 3.05) is 25.0 Å². The zero-order valence-corrected chi connectivity index (χ0v) is 14.0. The van der Waals surface area contributed by atoms with Gasteiger partial charge in [0.1, 0.15) is 0 Å². The van der Waals surface area contributed by atoms with Gasteiger partial charge in [-0.1, -0.05) is 12.1 Å². The lowest BCUT2D eigenvalue weighted by molar-refractivity contribution is -0.116. The number of hydrogen-bond acceptors (Lipinski definition) is 3. The topological polar surface area (TPSA) is 45.2 Å². The molecule has 0 fully saturated rings. The number of anilines is 1. The van der Waals surface area contributed by atoms with Crippen molar-refractivity contribution >= 4 is 17.7 Å². The summed E-state index contributed by atoms with van der Waals surface area (Å²) in [6.45, 7) is 1.73. The van der Waals surface area contributed by atoms with Crippen molar-refractivity contribution in [2.24, 2.45) is 0 Å². The van der Waals surface area contributed by atoms with Crippen LogP contribution in [0.15, 0.2) is 48.8 Å². The van der Waals surface area contributed by atoms with Crippen molar-refractivity contribution < 1.29 is 4.79 Å². The van der Waals surface area contributed by atoms with Gasteiger partial charge in [0.2, 0.25) is 5.91 Å². The standard InChI is InChI=1S/C20H23N3O/c1-23-13-3-5-18-14-16(6-8-19(18)23)7-9-20(24)22-12-10-17-4-2-11-21-15-17/h2,4,6-9,11,14-15H,3,5,10,12-13H2,1H3,(H,22,24)/b9-7+. The highest BCUT2D eigenvalue weighted by molar-refractivity contribution is 5.91. The van der Waals surface area contributed by atoms with Crippen LogP contribution in [0, 0.1) is 0 Å². The third-order valence-corrected chi connectivity index (χ3v) is 4.32. The van der Waals surface area contributed by atoms with E-state index in [1.807, 2.05) is 24.4 Å². The number of pyridine rings is 1.